The zero-order valence-electron chi connectivity index (χ0n) is 8.84. The SMILES string of the molecule is CN(C)c1cccc(Br)c1.[H-].[H-].[Mg+2]. The van der Waals surface area contributed by atoms with Gasteiger partial charge >= 0.3 is 23.1 Å². The van der Waals surface area contributed by atoms with E-state index in [9.17, 15) is 0 Å². The normalized spacial score (nSPS) is 8.64. The standard InChI is InChI=1S/C8H10BrN.Mg.2H/c1-10(2)8-5-3-4-7(9)6-8;;;/h3-6H,1-2H3;;;/q;+2;2*-1. The minimum absolute atomic E-state index is 0. The van der Waals surface area contributed by atoms with Gasteiger partial charge in [0.1, 0.15) is 0 Å². The molecule has 0 amide bonds. The van der Waals surface area contributed by atoms with Gasteiger partial charge in [0.05, 0.1) is 0 Å². The van der Waals surface area contributed by atoms with Crippen LogP contribution < -0.4 is 4.90 Å². The fraction of sp³-hybridized carbons (Fsp3) is 0.250. The van der Waals surface area contributed by atoms with Crippen molar-refractivity contribution in [1.29, 1.82) is 0 Å². The van der Waals surface area contributed by atoms with Gasteiger partial charge in [0.2, 0.25) is 0 Å². The molecule has 0 aliphatic carbocycles. The molecule has 0 heterocycles. The topological polar surface area (TPSA) is 3.24 Å². The fourth-order valence-electron chi connectivity index (χ4n) is 0.754. The Hall–Kier alpha value is 0.266. The van der Waals surface area contributed by atoms with Crippen LogP contribution in [0.5, 0.6) is 0 Å². The van der Waals surface area contributed by atoms with Gasteiger partial charge in [-0.15, -0.1) is 0 Å². The molecule has 0 atom stereocenters. The zero-order chi connectivity index (χ0) is 7.56. The molecule has 0 saturated heterocycles. The third-order valence-corrected chi connectivity index (χ3v) is 1.82. The Labute approximate surface area is 95.0 Å². The second-order valence-corrected chi connectivity index (χ2v) is 3.29. The largest absolute Gasteiger partial charge is 2.00 e. The van der Waals surface area contributed by atoms with Crippen molar-refractivity contribution in [3.05, 3.63) is 28.7 Å². The van der Waals surface area contributed by atoms with Gasteiger partial charge in [0, 0.05) is 24.3 Å². The summed E-state index contributed by atoms with van der Waals surface area (Å²) in [6, 6.07) is 8.21. The Morgan fingerprint density at radius 2 is 2.00 bits per heavy atom. The minimum Gasteiger partial charge on any atom is -1.00 e. The summed E-state index contributed by atoms with van der Waals surface area (Å²) in [5.74, 6) is 0. The van der Waals surface area contributed by atoms with Crippen LogP contribution >= 0.6 is 15.9 Å². The van der Waals surface area contributed by atoms with Gasteiger partial charge in [-0.1, -0.05) is 22.0 Å². The molecule has 0 saturated carbocycles. The molecule has 0 unspecified atom stereocenters. The zero-order valence-corrected chi connectivity index (χ0v) is 9.84. The first-order valence-corrected chi connectivity index (χ1v) is 3.92. The molecule has 0 bridgehead atoms. The van der Waals surface area contributed by atoms with E-state index >= 15 is 0 Å². The first kappa shape index (κ1) is 11.3. The van der Waals surface area contributed by atoms with Crippen molar-refractivity contribution < 1.29 is 2.85 Å². The third kappa shape index (κ3) is 3.45. The molecule has 0 radical (unpaired) electrons. The quantitative estimate of drug-likeness (QED) is 0.665. The minimum atomic E-state index is 0. The van der Waals surface area contributed by atoms with E-state index in [2.05, 4.69) is 33.0 Å². The summed E-state index contributed by atoms with van der Waals surface area (Å²) in [6.45, 7) is 0. The van der Waals surface area contributed by atoms with E-state index in [0.717, 1.165) is 4.47 Å². The van der Waals surface area contributed by atoms with E-state index in [1.165, 1.54) is 5.69 Å². The molecule has 1 nitrogen and oxygen atoms in total. The van der Waals surface area contributed by atoms with E-state index in [-0.39, 0.29) is 25.9 Å². The molecule has 11 heavy (non-hydrogen) atoms. The van der Waals surface area contributed by atoms with Crippen molar-refractivity contribution >= 4 is 44.7 Å². The molecule has 0 aliphatic heterocycles. The summed E-state index contributed by atoms with van der Waals surface area (Å²) in [5, 5.41) is 0. The Morgan fingerprint density at radius 1 is 1.36 bits per heavy atom. The number of halogens is 1. The number of rotatable bonds is 1. The van der Waals surface area contributed by atoms with Crippen LogP contribution in [-0.2, 0) is 0 Å². The van der Waals surface area contributed by atoms with Gasteiger partial charge in [-0.3, -0.25) is 0 Å². The monoisotopic (exact) mass is 225 g/mol. The number of benzene rings is 1. The molecule has 3 heteroatoms. The molecule has 1 aromatic rings. The van der Waals surface area contributed by atoms with Crippen molar-refractivity contribution in [1.82, 2.24) is 0 Å². The van der Waals surface area contributed by atoms with Crippen LogP contribution in [0.1, 0.15) is 2.85 Å². The van der Waals surface area contributed by atoms with Crippen LogP contribution in [0.15, 0.2) is 28.7 Å². The Kier molecular flexibility index (Phi) is 5.13. The van der Waals surface area contributed by atoms with Crippen molar-refractivity contribution in [2.24, 2.45) is 0 Å². The smallest absolute Gasteiger partial charge is 1.00 e. The first-order chi connectivity index (χ1) is 4.70. The number of anilines is 1. The molecule has 0 N–H and O–H groups in total. The maximum absolute atomic E-state index is 3.40. The van der Waals surface area contributed by atoms with Gasteiger partial charge in [-0.25, -0.2) is 0 Å². The predicted molar refractivity (Wildman–Crippen MR) is 56.4 cm³/mol. The number of hydrogen-bond donors (Lipinski definition) is 0. The first-order valence-electron chi connectivity index (χ1n) is 3.13. The molecule has 58 valence electrons. The van der Waals surface area contributed by atoms with Crippen molar-refractivity contribution in [3.8, 4) is 0 Å². The molecule has 0 fully saturated rings. The van der Waals surface area contributed by atoms with E-state index in [4.69, 9.17) is 0 Å². The van der Waals surface area contributed by atoms with Gasteiger partial charge in [-0.2, -0.15) is 0 Å². The van der Waals surface area contributed by atoms with Gasteiger partial charge in [-0.05, 0) is 18.2 Å². The van der Waals surface area contributed by atoms with Crippen LogP contribution in [0.3, 0.4) is 0 Å². The maximum atomic E-state index is 3.40. The van der Waals surface area contributed by atoms with Gasteiger partial charge in [0.25, 0.3) is 0 Å². The summed E-state index contributed by atoms with van der Waals surface area (Å²) in [4.78, 5) is 2.07. The summed E-state index contributed by atoms with van der Waals surface area (Å²) in [7, 11) is 4.06. The Balaban J connectivity index is -0.000000333. The fourth-order valence-corrected chi connectivity index (χ4v) is 1.14. The van der Waals surface area contributed by atoms with Crippen molar-refractivity contribution in [2.75, 3.05) is 19.0 Å². The number of nitrogens with zero attached hydrogens (tertiary/aromatic N) is 1. The summed E-state index contributed by atoms with van der Waals surface area (Å²) in [6.07, 6.45) is 0. The molecular weight excluding hydrogens is 214 g/mol. The second-order valence-electron chi connectivity index (χ2n) is 2.37. The molecule has 0 spiro atoms. The van der Waals surface area contributed by atoms with E-state index < -0.39 is 0 Å². The molecule has 0 aliphatic rings. The van der Waals surface area contributed by atoms with Crippen LogP contribution in [0.4, 0.5) is 5.69 Å². The van der Waals surface area contributed by atoms with Gasteiger partial charge in [0.15, 0.2) is 0 Å². The Bertz CT molecular complexity index is 233. The average Bonchev–Trinajstić information content (AvgIpc) is 1.88. The second kappa shape index (κ2) is 5.01. The van der Waals surface area contributed by atoms with Crippen LogP contribution in [-0.4, -0.2) is 37.1 Å². The van der Waals surface area contributed by atoms with E-state index in [1.54, 1.807) is 0 Å². The predicted octanol–water partition coefficient (Wildman–Crippen LogP) is 2.36. The van der Waals surface area contributed by atoms with Crippen LogP contribution in [0, 0.1) is 0 Å². The molecule has 0 aromatic heterocycles. The average molecular weight is 226 g/mol. The Morgan fingerprint density at radius 3 is 2.36 bits per heavy atom. The summed E-state index contributed by atoms with van der Waals surface area (Å²) < 4.78 is 1.12. The van der Waals surface area contributed by atoms with E-state index in [0.29, 0.717) is 0 Å². The molecule has 1 rings (SSSR count). The van der Waals surface area contributed by atoms with Crippen molar-refractivity contribution in [2.45, 2.75) is 0 Å². The molecule has 1 aromatic carbocycles. The maximum Gasteiger partial charge on any atom is 2.00 e. The number of hydrogen-bond acceptors (Lipinski definition) is 1. The third-order valence-electron chi connectivity index (χ3n) is 1.32. The molecular formula is C8H12BrMgN. The van der Waals surface area contributed by atoms with Gasteiger partial charge < -0.3 is 7.75 Å². The summed E-state index contributed by atoms with van der Waals surface area (Å²) in [5.41, 5.74) is 1.22. The van der Waals surface area contributed by atoms with Crippen molar-refractivity contribution in [3.63, 3.8) is 0 Å². The summed E-state index contributed by atoms with van der Waals surface area (Å²) >= 11 is 3.40. The van der Waals surface area contributed by atoms with E-state index in [1.807, 2.05) is 26.2 Å². The van der Waals surface area contributed by atoms with Crippen LogP contribution in [0.25, 0.3) is 0 Å². The van der Waals surface area contributed by atoms with Crippen LogP contribution in [0.2, 0.25) is 0 Å².